The fourth-order valence-electron chi connectivity index (χ4n) is 3.37. The molecule has 0 spiro atoms. The maximum atomic E-state index is 13.4. The third-order valence-corrected chi connectivity index (χ3v) is 4.69. The minimum atomic E-state index is -0.255. The number of aryl methyl sites for hydroxylation is 2. The average molecular weight is 365 g/mol. The lowest BCUT2D eigenvalue weighted by Gasteiger charge is -2.29. The number of carbonyl (C=O) groups excluding carboxylic acids is 1. The Morgan fingerprint density at radius 3 is 2.85 bits per heavy atom. The summed E-state index contributed by atoms with van der Waals surface area (Å²) in [6.45, 7) is 1.20. The summed E-state index contributed by atoms with van der Waals surface area (Å²) < 4.78 is 13.4. The Morgan fingerprint density at radius 2 is 2.00 bits per heavy atom. The van der Waals surface area contributed by atoms with Crippen molar-refractivity contribution in [1.29, 1.82) is 0 Å². The molecule has 1 aliphatic rings. The number of rotatable bonds is 5. The second-order valence-corrected chi connectivity index (χ2v) is 6.60. The monoisotopic (exact) mass is 365 g/mol. The smallest absolute Gasteiger partial charge is 0.227 e. The summed E-state index contributed by atoms with van der Waals surface area (Å²) in [6, 6.07) is 14.3. The van der Waals surface area contributed by atoms with Crippen LogP contribution in [0.3, 0.4) is 0 Å². The standard InChI is InChI=1S/C20H20FN5O/c21-17-10-11-18-16(14-17)8-4-12-25(18)19(27)9-5-13-26-23-20(22-24-26)15-6-2-1-3-7-15/h1-3,6-7,10-11,14H,4-5,8-9,12-13H2. The number of amides is 1. The van der Waals surface area contributed by atoms with Crippen molar-refractivity contribution >= 4 is 11.6 Å². The normalized spacial score (nSPS) is 13.4. The number of carbonyl (C=O) groups is 1. The van der Waals surface area contributed by atoms with E-state index in [1.165, 1.54) is 16.9 Å². The van der Waals surface area contributed by atoms with Crippen LogP contribution < -0.4 is 4.90 Å². The highest BCUT2D eigenvalue weighted by atomic mass is 19.1. The summed E-state index contributed by atoms with van der Waals surface area (Å²) in [5.74, 6) is 0.370. The van der Waals surface area contributed by atoms with Crippen LogP contribution in [0.1, 0.15) is 24.8 Å². The molecule has 1 amide bonds. The molecule has 4 rings (SSSR count). The Balaban J connectivity index is 1.35. The zero-order valence-electron chi connectivity index (χ0n) is 14.9. The van der Waals surface area contributed by atoms with E-state index in [1.807, 2.05) is 30.3 Å². The fourth-order valence-corrected chi connectivity index (χ4v) is 3.37. The lowest BCUT2D eigenvalue weighted by molar-refractivity contribution is -0.118. The molecule has 0 atom stereocenters. The SMILES string of the molecule is O=C(CCCn1nnc(-c2ccccc2)n1)N1CCCc2cc(F)ccc21. The van der Waals surface area contributed by atoms with E-state index in [9.17, 15) is 9.18 Å². The molecule has 2 heterocycles. The molecule has 0 bridgehead atoms. The number of tetrazole rings is 1. The molecule has 0 fully saturated rings. The van der Waals surface area contributed by atoms with E-state index in [0.717, 1.165) is 29.7 Å². The van der Waals surface area contributed by atoms with E-state index < -0.39 is 0 Å². The van der Waals surface area contributed by atoms with Gasteiger partial charge < -0.3 is 4.90 Å². The van der Waals surface area contributed by atoms with Crippen LogP contribution in [0.4, 0.5) is 10.1 Å². The van der Waals surface area contributed by atoms with Crippen molar-refractivity contribution in [1.82, 2.24) is 20.2 Å². The largest absolute Gasteiger partial charge is 0.312 e. The number of fused-ring (bicyclic) bond motifs is 1. The highest BCUT2D eigenvalue weighted by Crippen LogP contribution is 2.28. The first kappa shape index (κ1) is 17.3. The van der Waals surface area contributed by atoms with Crippen LogP contribution >= 0.6 is 0 Å². The van der Waals surface area contributed by atoms with Crippen molar-refractivity contribution in [3.8, 4) is 11.4 Å². The number of aromatic nitrogens is 4. The molecular weight excluding hydrogens is 345 g/mol. The molecular formula is C20H20FN5O. The van der Waals surface area contributed by atoms with Gasteiger partial charge in [0.25, 0.3) is 0 Å². The Morgan fingerprint density at radius 1 is 1.15 bits per heavy atom. The van der Waals surface area contributed by atoms with Gasteiger partial charge in [0.1, 0.15) is 5.82 Å². The second kappa shape index (κ2) is 7.65. The molecule has 1 aromatic heterocycles. The van der Waals surface area contributed by atoms with Gasteiger partial charge in [-0.3, -0.25) is 4.79 Å². The number of hydrogen-bond acceptors (Lipinski definition) is 4. The van der Waals surface area contributed by atoms with Crippen molar-refractivity contribution in [2.45, 2.75) is 32.2 Å². The van der Waals surface area contributed by atoms with E-state index in [-0.39, 0.29) is 11.7 Å². The Kier molecular flexibility index (Phi) is 4.91. The van der Waals surface area contributed by atoms with Crippen molar-refractivity contribution < 1.29 is 9.18 Å². The molecule has 0 aliphatic carbocycles. The van der Waals surface area contributed by atoms with E-state index in [2.05, 4.69) is 15.4 Å². The number of benzene rings is 2. The fraction of sp³-hybridized carbons (Fsp3) is 0.300. The number of anilines is 1. The van der Waals surface area contributed by atoms with E-state index in [0.29, 0.717) is 31.8 Å². The van der Waals surface area contributed by atoms with Gasteiger partial charge in [0, 0.05) is 24.2 Å². The molecule has 0 saturated carbocycles. The van der Waals surface area contributed by atoms with E-state index in [1.54, 1.807) is 11.0 Å². The minimum Gasteiger partial charge on any atom is -0.312 e. The summed E-state index contributed by atoms with van der Waals surface area (Å²) in [5, 5.41) is 12.5. The summed E-state index contributed by atoms with van der Waals surface area (Å²) in [6.07, 6.45) is 2.67. The van der Waals surface area contributed by atoms with Crippen molar-refractivity contribution in [2.75, 3.05) is 11.4 Å². The van der Waals surface area contributed by atoms with Gasteiger partial charge in [-0.25, -0.2) is 4.39 Å². The lowest BCUT2D eigenvalue weighted by atomic mass is 10.0. The van der Waals surface area contributed by atoms with Gasteiger partial charge in [0.05, 0.1) is 6.54 Å². The molecule has 138 valence electrons. The maximum Gasteiger partial charge on any atom is 0.227 e. The number of halogens is 1. The highest BCUT2D eigenvalue weighted by molar-refractivity contribution is 5.94. The van der Waals surface area contributed by atoms with Crippen LogP contribution in [-0.2, 0) is 17.8 Å². The number of hydrogen-bond donors (Lipinski definition) is 0. The Hall–Kier alpha value is -3.09. The predicted molar refractivity (Wildman–Crippen MR) is 99.6 cm³/mol. The van der Waals surface area contributed by atoms with Gasteiger partial charge in [-0.05, 0) is 48.2 Å². The van der Waals surface area contributed by atoms with Crippen LogP contribution in [0.15, 0.2) is 48.5 Å². The maximum absolute atomic E-state index is 13.4. The van der Waals surface area contributed by atoms with Gasteiger partial charge in [-0.1, -0.05) is 30.3 Å². The van der Waals surface area contributed by atoms with E-state index in [4.69, 9.17) is 0 Å². The topological polar surface area (TPSA) is 63.9 Å². The molecule has 0 unspecified atom stereocenters. The average Bonchev–Trinajstić information content (AvgIpc) is 3.17. The quantitative estimate of drug-likeness (QED) is 0.696. The van der Waals surface area contributed by atoms with Gasteiger partial charge >= 0.3 is 0 Å². The highest BCUT2D eigenvalue weighted by Gasteiger charge is 2.22. The van der Waals surface area contributed by atoms with Crippen LogP contribution in [0.5, 0.6) is 0 Å². The van der Waals surface area contributed by atoms with Gasteiger partial charge in [0.2, 0.25) is 11.7 Å². The molecule has 7 heteroatoms. The summed E-state index contributed by atoms with van der Waals surface area (Å²) in [5.41, 5.74) is 2.65. The first-order valence-corrected chi connectivity index (χ1v) is 9.13. The van der Waals surface area contributed by atoms with Crippen LogP contribution in [-0.4, -0.2) is 32.7 Å². The Labute approximate surface area is 156 Å². The summed E-state index contributed by atoms with van der Waals surface area (Å²) in [4.78, 5) is 15.9. The molecule has 2 aromatic carbocycles. The first-order chi connectivity index (χ1) is 13.2. The molecule has 1 aliphatic heterocycles. The molecule has 3 aromatic rings. The first-order valence-electron chi connectivity index (χ1n) is 9.13. The minimum absolute atomic E-state index is 0.0472. The third kappa shape index (κ3) is 3.86. The van der Waals surface area contributed by atoms with Gasteiger partial charge in [0.15, 0.2) is 0 Å². The van der Waals surface area contributed by atoms with Crippen LogP contribution in [0.2, 0.25) is 0 Å². The zero-order valence-corrected chi connectivity index (χ0v) is 14.9. The summed E-state index contributed by atoms with van der Waals surface area (Å²) >= 11 is 0. The van der Waals surface area contributed by atoms with Gasteiger partial charge in [-0.15, -0.1) is 10.2 Å². The molecule has 6 nitrogen and oxygen atoms in total. The summed E-state index contributed by atoms with van der Waals surface area (Å²) in [7, 11) is 0. The zero-order chi connectivity index (χ0) is 18.6. The van der Waals surface area contributed by atoms with E-state index >= 15 is 0 Å². The van der Waals surface area contributed by atoms with Crippen molar-refractivity contribution in [3.63, 3.8) is 0 Å². The number of nitrogens with zero attached hydrogens (tertiary/aromatic N) is 5. The molecule has 0 radical (unpaired) electrons. The molecule has 0 N–H and O–H groups in total. The third-order valence-electron chi connectivity index (χ3n) is 4.69. The van der Waals surface area contributed by atoms with Crippen molar-refractivity contribution in [2.24, 2.45) is 0 Å². The molecule has 27 heavy (non-hydrogen) atoms. The Bertz CT molecular complexity index is 941. The molecule has 0 saturated heterocycles. The van der Waals surface area contributed by atoms with Gasteiger partial charge in [-0.2, -0.15) is 4.80 Å². The van der Waals surface area contributed by atoms with Crippen LogP contribution in [0.25, 0.3) is 11.4 Å². The second-order valence-electron chi connectivity index (χ2n) is 6.60. The van der Waals surface area contributed by atoms with Crippen LogP contribution in [0, 0.1) is 5.82 Å². The predicted octanol–water partition coefficient (Wildman–Crippen LogP) is 3.24. The van der Waals surface area contributed by atoms with Crippen molar-refractivity contribution in [3.05, 3.63) is 59.9 Å². The lowest BCUT2D eigenvalue weighted by Crippen LogP contribution is -2.35.